The lowest BCUT2D eigenvalue weighted by Crippen LogP contribution is -2.31. The van der Waals surface area contributed by atoms with Crippen LogP contribution in [0.4, 0.5) is 5.69 Å². The second-order valence-corrected chi connectivity index (χ2v) is 9.26. The van der Waals surface area contributed by atoms with Crippen LogP contribution < -0.4 is 4.90 Å². The molecule has 2 aromatic rings. The summed E-state index contributed by atoms with van der Waals surface area (Å²) in [6.45, 7) is 2.24. The number of hydrogen-bond donors (Lipinski definition) is 0. The van der Waals surface area contributed by atoms with E-state index in [-0.39, 0.29) is 17.9 Å². The average molecular weight is 440 g/mol. The lowest BCUT2D eigenvalue weighted by Gasteiger charge is -2.23. The van der Waals surface area contributed by atoms with Gasteiger partial charge in [-0.1, -0.05) is 56.9 Å². The molecule has 0 N–H and O–H groups in total. The zero-order valence-corrected chi connectivity index (χ0v) is 19.5. The molecule has 1 aromatic heterocycles. The molecule has 31 heavy (non-hydrogen) atoms. The number of nitrogens with zero attached hydrogens (tertiary/aromatic N) is 1. The molecule has 4 nitrogen and oxygen atoms in total. The van der Waals surface area contributed by atoms with Gasteiger partial charge in [-0.2, -0.15) is 0 Å². The van der Waals surface area contributed by atoms with E-state index in [9.17, 15) is 9.59 Å². The number of unbranched alkanes of at least 4 members (excludes halogenated alkanes) is 4. The molecule has 0 spiro atoms. The van der Waals surface area contributed by atoms with E-state index >= 15 is 0 Å². The van der Waals surface area contributed by atoms with Gasteiger partial charge in [0.1, 0.15) is 4.88 Å². The molecule has 3 rings (SSSR count). The number of thiophene rings is 1. The lowest BCUT2D eigenvalue weighted by atomic mass is 10.0. The van der Waals surface area contributed by atoms with Crippen LogP contribution in [0.25, 0.3) is 0 Å². The third-order valence-corrected chi connectivity index (χ3v) is 6.85. The van der Waals surface area contributed by atoms with Crippen molar-refractivity contribution in [3.63, 3.8) is 0 Å². The van der Waals surface area contributed by atoms with E-state index in [0.29, 0.717) is 11.3 Å². The van der Waals surface area contributed by atoms with Crippen molar-refractivity contribution >= 4 is 28.9 Å². The molecule has 1 amide bonds. The van der Waals surface area contributed by atoms with Crippen LogP contribution in [0.5, 0.6) is 0 Å². The van der Waals surface area contributed by atoms with Crippen molar-refractivity contribution in [1.29, 1.82) is 0 Å². The summed E-state index contributed by atoms with van der Waals surface area (Å²) in [6.07, 6.45) is 13.9. The van der Waals surface area contributed by atoms with Gasteiger partial charge in [0.05, 0.1) is 13.2 Å². The van der Waals surface area contributed by atoms with Gasteiger partial charge < -0.3 is 9.64 Å². The summed E-state index contributed by atoms with van der Waals surface area (Å²) in [5.41, 5.74) is 2.33. The van der Waals surface area contributed by atoms with Crippen molar-refractivity contribution in [3.05, 3.63) is 63.9 Å². The van der Waals surface area contributed by atoms with Gasteiger partial charge in [0, 0.05) is 17.0 Å². The van der Waals surface area contributed by atoms with Crippen LogP contribution in [0.1, 0.15) is 72.0 Å². The van der Waals surface area contributed by atoms with Crippen LogP contribution in [0, 0.1) is 0 Å². The smallest absolute Gasteiger partial charge is 0.348 e. The normalized spacial score (nSPS) is 16.4. The molecule has 2 heterocycles. The molecule has 0 radical (unpaired) electrons. The molecule has 1 atom stereocenters. The molecular formula is C26H33NO3S. The van der Waals surface area contributed by atoms with Gasteiger partial charge in [0.2, 0.25) is 5.91 Å². The predicted octanol–water partition coefficient (Wildman–Crippen LogP) is 6.34. The number of carbonyl (C=O) groups excluding carboxylic acids is 2. The fourth-order valence-corrected chi connectivity index (χ4v) is 4.92. The molecule has 0 bridgehead atoms. The van der Waals surface area contributed by atoms with Crippen molar-refractivity contribution in [3.8, 4) is 0 Å². The van der Waals surface area contributed by atoms with Crippen LogP contribution in [0.3, 0.4) is 0 Å². The Balaban J connectivity index is 1.56. The molecule has 0 saturated carbocycles. The Kier molecular flexibility index (Phi) is 8.89. The summed E-state index contributed by atoms with van der Waals surface area (Å²) in [7, 11) is 1.40. The fraction of sp³-hybridized carbons (Fsp3) is 0.462. The number of amides is 1. The van der Waals surface area contributed by atoms with Crippen molar-refractivity contribution < 1.29 is 14.3 Å². The number of anilines is 1. The molecule has 1 saturated heterocycles. The maximum Gasteiger partial charge on any atom is 0.348 e. The highest BCUT2D eigenvalue weighted by Crippen LogP contribution is 2.28. The first-order valence-electron chi connectivity index (χ1n) is 11.4. The summed E-state index contributed by atoms with van der Waals surface area (Å²) < 4.78 is 4.76. The van der Waals surface area contributed by atoms with Crippen LogP contribution in [-0.2, 0) is 22.4 Å². The summed E-state index contributed by atoms with van der Waals surface area (Å²) in [6, 6.07) is 12.4. The quantitative estimate of drug-likeness (QED) is 0.233. The van der Waals surface area contributed by atoms with Gasteiger partial charge in [0.25, 0.3) is 0 Å². The van der Waals surface area contributed by atoms with Gasteiger partial charge >= 0.3 is 5.97 Å². The minimum absolute atomic E-state index is 0.0902. The number of ether oxygens (including phenoxy) is 1. The highest BCUT2D eigenvalue weighted by Gasteiger charge is 2.30. The second kappa shape index (κ2) is 11.8. The minimum Gasteiger partial charge on any atom is -0.465 e. The van der Waals surface area contributed by atoms with E-state index in [0.717, 1.165) is 29.8 Å². The Morgan fingerprint density at radius 3 is 2.65 bits per heavy atom. The van der Waals surface area contributed by atoms with E-state index in [1.54, 1.807) is 6.07 Å². The molecule has 1 aromatic carbocycles. The van der Waals surface area contributed by atoms with Crippen LogP contribution in [-0.4, -0.2) is 25.0 Å². The minimum atomic E-state index is -0.294. The number of aryl methyl sites for hydroxylation is 1. The van der Waals surface area contributed by atoms with Crippen molar-refractivity contribution in [2.24, 2.45) is 0 Å². The highest BCUT2D eigenvalue weighted by atomic mass is 32.1. The molecule has 1 fully saturated rings. The monoisotopic (exact) mass is 439 g/mol. The van der Waals surface area contributed by atoms with Gasteiger partial charge in [-0.05, 0) is 55.5 Å². The highest BCUT2D eigenvalue weighted by molar-refractivity contribution is 7.13. The van der Waals surface area contributed by atoms with Gasteiger partial charge in [-0.15, -0.1) is 11.3 Å². The summed E-state index contributed by atoms with van der Waals surface area (Å²) >= 11 is 1.45. The number of carbonyl (C=O) groups is 2. The Bertz CT molecular complexity index is 884. The van der Waals surface area contributed by atoms with Crippen molar-refractivity contribution in [2.75, 3.05) is 12.0 Å². The number of methoxy groups -OCH3 is 1. The Hall–Kier alpha value is -2.40. The fourth-order valence-electron chi connectivity index (χ4n) is 4.02. The number of allylic oxidation sites excluding steroid dienone is 1. The topological polar surface area (TPSA) is 46.6 Å². The van der Waals surface area contributed by atoms with Crippen LogP contribution >= 0.6 is 11.3 Å². The zero-order valence-electron chi connectivity index (χ0n) is 18.6. The first-order valence-corrected chi connectivity index (χ1v) is 12.2. The van der Waals surface area contributed by atoms with E-state index in [4.69, 9.17) is 4.74 Å². The zero-order chi connectivity index (χ0) is 22.1. The standard InChI is InChI=1S/C26H33NO3S/c1-3-4-5-6-7-9-20-12-14-22(15-13-20)27-21(16-19-25(27)28)10-8-11-23-17-18-24(31-23)26(29)30-2/h8,10,12-15,17-18,21H,3-7,9,11,16,19H2,1-2H3/b10-8+/t21-/m0/s1. The molecule has 1 aliphatic heterocycles. The number of rotatable bonds is 11. The molecule has 0 unspecified atom stereocenters. The second-order valence-electron chi connectivity index (χ2n) is 8.09. The molecule has 166 valence electrons. The third-order valence-electron chi connectivity index (χ3n) is 5.76. The Morgan fingerprint density at radius 2 is 1.90 bits per heavy atom. The van der Waals surface area contributed by atoms with Crippen molar-refractivity contribution in [2.45, 2.75) is 70.8 Å². The van der Waals surface area contributed by atoms with Crippen LogP contribution in [0.15, 0.2) is 48.6 Å². The summed E-state index contributed by atoms with van der Waals surface area (Å²) in [4.78, 5) is 27.8. The third kappa shape index (κ3) is 6.54. The van der Waals surface area contributed by atoms with Crippen LogP contribution in [0.2, 0.25) is 0 Å². The summed E-state index contributed by atoms with van der Waals surface area (Å²) in [5.74, 6) is -0.108. The summed E-state index contributed by atoms with van der Waals surface area (Å²) in [5, 5.41) is 0. The molecule has 0 aliphatic carbocycles. The SMILES string of the molecule is CCCCCCCc1ccc(N2C(=O)CC[C@@H]2/C=C/Cc2ccc(C(=O)OC)s2)cc1. The van der Waals surface area contributed by atoms with E-state index < -0.39 is 0 Å². The number of benzene rings is 1. The van der Waals surface area contributed by atoms with E-state index in [1.807, 2.05) is 11.0 Å². The maximum atomic E-state index is 12.5. The molecule has 1 aliphatic rings. The largest absolute Gasteiger partial charge is 0.465 e. The van der Waals surface area contributed by atoms with E-state index in [2.05, 4.69) is 43.3 Å². The first kappa shape index (κ1) is 23.3. The van der Waals surface area contributed by atoms with Gasteiger partial charge in [-0.25, -0.2) is 4.79 Å². The maximum absolute atomic E-state index is 12.5. The van der Waals surface area contributed by atoms with Gasteiger partial charge in [-0.3, -0.25) is 4.79 Å². The average Bonchev–Trinajstić information content (AvgIpc) is 3.40. The Morgan fingerprint density at radius 1 is 1.13 bits per heavy atom. The number of esters is 1. The lowest BCUT2D eigenvalue weighted by molar-refractivity contribution is -0.117. The Labute approximate surface area is 189 Å². The van der Waals surface area contributed by atoms with Crippen molar-refractivity contribution in [1.82, 2.24) is 0 Å². The predicted molar refractivity (Wildman–Crippen MR) is 128 cm³/mol. The molecular weight excluding hydrogens is 406 g/mol. The number of hydrogen-bond acceptors (Lipinski definition) is 4. The van der Waals surface area contributed by atoms with E-state index in [1.165, 1.54) is 56.1 Å². The first-order chi connectivity index (χ1) is 15.1. The molecule has 5 heteroatoms. The van der Waals surface area contributed by atoms with Gasteiger partial charge in [0.15, 0.2) is 0 Å².